The Morgan fingerprint density at radius 2 is 2.32 bits per heavy atom. The molecule has 118 valence electrons. The minimum atomic E-state index is -0.522. The van der Waals surface area contributed by atoms with E-state index in [2.05, 4.69) is 6.58 Å². The van der Waals surface area contributed by atoms with Gasteiger partial charge in [0.1, 0.15) is 11.9 Å². The predicted octanol–water partition coefficient (Wildman–Crippen LogP) is 3.58. The first kappa shape index (κ1) is 15.2. The van der Waals surface area contributed by atoms with Crippen LogP contribution in [0, 0.1) is 5.82 Å². The number of halogens is 1. The summed E-state index contributed by atoms with van der Waals surface area (Å²) in [5, 5.41) is 0. The third kappa shape index (κ3) is 2.35. The fraction of sp³-hybridized carbons (Fsp3) is 0.500. The number of anilines is 1. The minimum Gasteiger partial charge on any atom is -0.368 e. The van der Waals surface area contributed by atoms with Crippen molar-refractivity contribution < 1.29 is 13.9 Å². The van der Waals surface area contributed by atoms with Crippen molar-refractivity contribution in [2.24, 2.45) is 0 Å². The first-order valence-corrected chi connectivity index (χ1v) is 7.92. The Morgan fingerprint density at radius 1 is 1.55 bits per heavy atom. The highest BCUT2D eigenvalue weighted by Gasteiger charge is 2.50. The number of benzene rings is 1. The molecule has 0 N–H and O–H groups in total. The summed E-state index contributed by atoms with van der Waals surface area (Å²) in [5.41, 5.74) is 1.29. The molecule has 1 aliphatic heterocycles. The van der Waals surface area contributed by atoms with Gasteiger partial charge in [-0.25, -0.2) is 4.39 Å². The summed E-state index contributed by atoms with van der Waals surface area (Å²) in [6.45, 7) is 6.46. The van der Waals surface area contributed by atoms with Gasteiger partial charge in [0.25, 0.3) is 5.91 Å². The second-order valence-corrected chi connectivity index (χ2v) is 6.28. The topological polar surface area (TPSA) is 29.5 Å². The maximum atomic E-state index is 14.3. The molecule has 1 aromatic rings. The Labute approximate surface area is 130 Å². The van der Waals surface area contributed by atoms with Crippen molar-refractivity contribution in [1.82, 2.24) is 0 Å². The van der Waals surface area contributed by atoms with Gasteiger partial charge in [0, 0.05) is 17.5 Å². The van der Waals surface area contributed by atoms with Crippen molar-refractivity contribution in [2.75, 3.05) is 18.1 Å². The molecule has 0 saturated heterocycles. The van der Waals surface area contributed by atoms with E-state index in [1.165, 1.54) is 6.07 Å². The van der Waals surface area contributed by atoms with E-state index in [1.54, 1.807) is 24.0 Å². The molecule has 1 unspecified atom stereocenters. The molecule has 1 aromatic carbocycles. The maximum Gasteiger partial charge on any atom is 0.255 e. The standard InChI is InChI=1S/C18H22FNO2/c1-3-4-11-22-13(2)17(21)20-12-18(9-6-10-18)16-14(19)7-5-8-15(16)20/h3,5,7-8,13H,1,4,6,9-12H2,2H3. The van der Waals surface area contributed by atoms with Gasteiger partial charge < -0.3 is 9.64 Å². The molecule has 1 spiro atoms. The lowest BCUT2D eigenvalue weighted by Crippen LogP contribution is -2.44. The zero-order valence-electron chi connectivity index (χ0n) is 13.0. The van der Waals surface area contributed by atoms with Crippen LogP contribution in [0.5, 0.6) is 0 Å². The van der Waals surface area contributed by atoms with Gasteiger partial charge in [0.2, 0.25) is 0 Å². The van der Waals surface area contributed by atoms with E-state index in [-0.39, 0.29) is 17.1 Å². The average molecular weight is 303 g/mol. The highest BCUT2D eigenvalue weighted by atomic mass is 19.1. The largest absolute Gasteiger partial charge is 0.368 e. The van der Waals surface area contributed by atoms with Crippen molar-refractivity contribution in [2.45, 2.75) is 44.1 Å². The average Bonchev–Trinajstić information content (AvgIpc) is 2.83. The van der Waals surface area contributed by atoms with Crippen LogP contribution in [0.2, 0.25) is 0 Å². The Hall–Kier alpha value is -1.68. The van der Waals surface area contributed by atoms with E-state index in [1.807, 2.05) is 6.07 Å². The number of amides is 1. The van der Waals surface area contributed by atoms with Crippen LogP contribution in [0.15, 0.2) is 30.9 Å². The summed E-state index contributed by atoms with van der Waals surface area (Å²) in [6, 6.07) is 5.02. The molecule has 1 heterocycles. The number of nitrogens with zero attached hydrogens (tertiary/aromatic N) is 1. The van der Waals surface area contributed by atoms with Gasteiger partial charge in [-0.15, -0.1) is 6.58 Å². The van der Waals surface area contributed by atoms with Crippen LogP contribution in [0.1, 0.15) is 38.2 Å². The predicted molar refractivity (Wildman–Crippen MR) is 84.5 cm³/mol. The van der Waals surface area contributed by atoms with E-state index < -0.39 is 6.10 Å². The van der Waals surface area contributed by atoms with Crippen LogP contribution in [0.4, 0.5) is 10.1 Å². The number of hydrogen-bond acceptors (Lipinski definition) is 2. The number of carbonyl (C=O) groups excluding carboxylic acids is 1. The lowest BCUT2D eigenvalue weighted by molar-refractivity contribution is -0.129. The van der Waals surface area contributed by atoms with E-state index in [4.69, 9.17) is 4.74 Å². The highest BCUT2D eigenvalue weighted by molar-refractivity contribution is 5.99. The van der Waals surface area contributed by atoms with Crippen LogP contribution < -0.4 is 4.90 Å². The molecule has 3 nitrogen and oxygen atoms in total. The van der Waals surface area contributed by atoms with E-state index >= 15 is 0 Å². The highest BCUT2D eigenvalue weighted by Crippen LogP contribution is 2.53. The smallest absolute Gasteiger partial charge is 0.255 e. The number of carbonyl (C=O) groups is 1. The Kier molecular flexibility index (Phi) is 4.04. The lowest BCUT2D eigenvalue weighted by Gasteiger charge is -2.39. The van der Waals surface area contributed by atoms with E-state index in [0.29, 0.717) is 19.6 Å². The zero-order valence-corrected chi connectivity index (χ0v) is 13.0. The SMILES string of the molecule is C=CCCOC(C)C(=O)N1CC2(CCC2)c2c(F)cccc21. The molecule has 0 radical (unpaired) electrons. The summed E-state index contributed by atoms with van der Waals surface area (Å²) in [6.07, 6.45) is 4.97. The van der Waals surface area contributed by atoms with Crippen molar-refractivity contribution in [3.05, 3.63) is 42.2 Å². The summed E-state index contributed by atoms with van der Waals surface area (Å²) >= 11 is 0. The van der Waals surface area contributed by atoms with Gasteiger partial charge >= 0.3 is 0 Å². The summed E-state index contributed by atoms with van der Waals surface area (Å²) in [7, 11) is 0. The molecule has 22 heavy (non-hydrogen) atoms. The van der Waals surface area contributed by atoms with Crippen molar-refractivity contribution in [3.63, 3.8) is 0 Å². The number of hydrogen-bond donors (Lipinski definition) is 0. The molecule has 2 aliphatic rings. The van der Waals surface area contributed by atoms with Crippen LogP contribution in [-0.2, 0) is 14.9 Å². The monoisotopic (exact) mass is 303 g/mol. The first-order valence-electron chi connectivity index (χ1n) is 7.92. The van der Waals surface area contributed by atoms with Gasteiger partial charge in [-0.05, 0) is 38.3 Å². The molecule has 0 aromatic heterocycles. The number of ether oxygens (including phenoxy) is 1. The molecule has 4 heteroatoms. The number of rotatable bonds is 5. The molecule has 1 atom stereocenters. The van der Waals surface area contributed by atoms with E-state index in [0.717, 1.165) is 30.5 Å². The first-order chi connectivity index (χ1) is 10.6. The van der Waals surface area contributed by atoms with Gasteiger partial charge in [-0.3, -0.25) is 4.79 Å². The quantitative estimate of drug-likeness (QED) is 0.615. The Bertz CT molecular complexity index is 595. The summed E-state index contributed by atoms with van der Waals surface area (Å²) < 4.78 is 19.9. The molecule has 0 bridgehead atoms. The zero-order chi connectivity index (χ0) is 15.7. The fourth-order valence-corrected chi connectivity index (χ4v) is 3.56. The van der Waals surface area contributed by atoms with Gasteiger partial charge in [0.15, 0.2) is 0 Å². The third-order valence-corrected chi connectivity index (χ3v) is 4.89. The van der Waals surface area contributed by atoms with Gasteiger partial charge in [0.05, 0.1) is 12.3 Å². The normalized spacial score (nSPS) is 19.6. The minimum absolute atomic E-state index is 0.0836. The molecule has 1 saturated carbocycles. The molecule has 1 amide bonds. The van der Waals surface area contributed by atoms with Crippen LogP contribution in [0.25, 0.3) is 0 Å². The molecular weight excluding hydrogens is 281 g/mol. The van der Waals surface area contributed by atoms with Crippen molar-refractivity contribution in [3.8, 4) is 0 Å². The number of fused-ring (bicyclic) bond motifs is 2. The van der Waals surface area contributed by atoms with Crippen molar-refractivity contribution >= 4 is 11.6 Å². The maximum absolute atomic E-state index is 14.3. The second-order valence-electron chi connectivity index (χ2n) is 6.28. The van der Waals surface area contributed by atoms with Crippen LogP contribution in [0.3, 0.4) is 0 Å². The van der Waals surface area contributed by atoms with Crippen LogP contribution >= 0.6 is 0 Å². The fourth-order valence-electron chi connectivity index (χ4n) is 3.56. The molecular formula is C18H22FNO2. The van der Waals surface area contributed by atoms with Crippen LogP contribution in [-0.4, -0.2) is 25.2 Å². The third-order valence-electron chi connectivity index (χ3n) is 4.89. The summed E-state index contributed by atoms with van der Waals surface area (Å²) in [4.78, 5) is 14.4. The van der Waals surface area contributed by atoms with Gasteiger partial charge in [-0.1, -0.05) is 18.6 Å². The molecule has 1 fully saturated rings. The summed E-state index contributed by atoms with van der Waals surface area (Å²) in [5.74, 6) is -0.271. The second kappa shape index (κ2) is 5.84. The molecule has 3 rings (SSSR count). The van der Waals surface area contributed by atoms with Crippen molar-refractivity contribution in [1.29, 1.82) is 0 Å². The molecule has 1 aliphatic carbocycles. The lowest BCUT2D eigenvalue weighted by atomic mass is 9.65. The van der Waals surface area contributed by atoms with Gasteiger partial charge in [-0.2, -0.15) is 0 Å². The Morgan fingerprint density at radius 3 is 2.95 bits per heavy atom. The van der Waals surface area contributed by atoms with E-state index in [9.17, 15) is 9.18 Å². The Balaban J connectivity index is 1.83.